The molecule has 0 aliphatic rings. The van der Waals surface area contributed by atoms with Crippen LogP contribution in [-0.4, -0.2) is 17.4 Å². The second kappa shape index (κ2) is 11.6. The minimum atomic E-state index is -0.414. The molecule has 0 aliphatic carbocycles. The summed E-state index contributed by atoms with van der Waals surface area (Å²) >= 11 is 13.0. The lowest BCUT2D eigenvalue weighted by atomic mass is 10.1. The monoisotopic (exact) mass is 611 g/mol. The second-order valence-corrected chi connectivity index (χ2v) is 9.91. The number of benzene rings is 3. The lowest BCUT2D eigenvalue weighted by Crippen LogP contribution is -2.26. The number of rotatable bonds is 8. The lowest BCUT2D eigenvalue weighted by molar-refractivity contribution is -0.117. The summed E-state index contributed by atoms with van der Waals surface area (Å²) < 4.78 is 7.34. The first-order chi connectivity index (χ1) is 16.9. The van der Waals surface area contributed by atoms with Crippen LogP contribution in [0.2, 0.25) is 5.02 Å². The van der Waals surface area contributed by atoms with Crippen molar-refractivity contribution in [2.24, 2.45) is 0 Å². The van der Waals surface area contributed by atoms with Gasteiger partial charge in [0, 0.05) is 28.7 Å². The number of ether oxygens (including phenoxy) is 1. The number of hydrogen-bond acceptors (Lipinski definition) is 3. The van der Waals surface area contributed by atoms with E-state index in [1.807, 2.05) is 60.8 Å². The number of fused-ring (bicyclic) bond motifs is 1. The number of para-hydroxylation sites is 1. The van der Waals surface area contributed by atoms with Crippen LogP contribution in [0.25, 0.3) is 17.0 Å². The Hall–Kier alpha value is -3.05. The van der Waals surface area contributed by atoms with Crippen LogP contribution in [0.3, 0.4) is 0 Å². The fraction of sp³-hybridized carbons (Fsp3) is 0.111. The van der Waals surface area contributed by atoms with E-state index in [1.54, 1.807) is 18.2 Å². The zero-order valence-electron chi connectivity index (χ0n) is 18.4. The van der Waals surface area contributed by atoms with Gasteiger partial charge < -0.3 is 15.0 Å². The highest BCUT2D eigenvalue weighted by Crippen LogP contribution is 2.36. The predicted molar refractivity (Wildman–Crippen MR) is 146 cm³/mol. The van der Waals surface area contributed by atoms with E-state index in [9.17, 15) is 10.1 Å². The van der Waals surface area contributed by atoms with Crippen molar-refractivity contribution in [1.29, 1.82) is 5.26 Å². The normalized spacial score (nSPS) is 11.3. The molecule has 5 nitrogen and oxygen atoms in total. The van der Waals surface area contributed by atoms with Gasteiger partial charge in [0.25, 0.3) is 5.91 Å². The highest BCUT2D eigenvalue weighted by Gasteiger charge is 2.13. The van der Waals surface area contributed by atoms with E-state index in [0.29, 0.717) is 44.9 Å². The number of nitrogens with one attached hydrogen (secondary N) is 2. The van der Waals surface area contributed by atoms with Gasteiger partial charge in [-0.3, -0.25) is 4.79 Å². The van der Waals surface area contributed by atoms with Crippen LogP contribution in [0, 0.1) is 11.3 Å². The van der Waals surface area contributed by atoms with Crippen molar-refractivity contribution in [1.82, 2.24) is 10.3 Å². The average Bonchev–Trinajstić information content (AvgIpc) is 3.26. The van der Waals surface area contributed by atoms with Gasteiger partial charge in [-0.2, -0.15) is 5.26 Å². The molecule has 0 bridgehead atoms. The van der Waals surface area contributed by atoms with Gasteiger partial charge >= 0.3 is 0 Å². The Morgan fingerprint density at radius 2 is 1.83 bits per heavy atom. The van der Waals surface area contributed by atoms with Gasteiger partial charge in [0.1, 0.15) is 24.0 Å². The maximum atomic E-state index is 12.6. The molecule has 0 atom stereocenters. The van der Waals surface area contributed by atoms with Crippen LogP contribution in [0.15, 0.2) is 81.4 Å². The number of nitriles is 1. The van der Waals surface area contributed by atoms with Crippen LogP contribution in [0.1, 0.15) is 16.7 Å². The molecule has 0 fully saturated rings. The third kappa shape index (κ3) is 6.34. The van der Waals surface area contributed by atoms with Gasteiger partial charge in [0.2, 0.25) is 0 Å². The quantitative estimate of drug-likeness (QED) is 0.163. The third-order valence-electron chi connectivity index (χ3n) is 5.35. The Morgan fingerprint density at radius 1 is 1.11 bits per heavy atom. The van der Waals surface area contributed by atoms with Crippen molar-refractivity contribution in [2.45, 2.75) is 13.0 Å². The molecule has 35 heavy (non-hydrogen) atoms. The number of aromatic nitrogens is 1. The van der Waals surface area contributed by atoms with Crippen LogP contribution >= 0.6 is 43.5 Å². The van der Waals surface area contributed by atoms with Crippen LogP contribution < -0.4 is 10.1 Å². The van der Waals surface area contributed by atoms with E-state index in [2.05, 4.69) is 42.2 Å². The molecule has 3 aromatic carbocycles. The SMILES string of the molecule is N#C/C(=C/c1cc(Br)c(OCc2ccc(Cl)cc2)c(Br)c1)C(=O)NCCc1c[nH]c2ccccc12. The van der Waals surface area contributed by atoms with Gasteiger partial charge in [-0.05, 0) is 91.4 Å². The van der Waals surface area contributed by atoms with Crippen molar-refractivity contribution in [3.05, 3.63) is 103 Å². The molecule has 0 unspecified atom stereocenters. The zero-order valence-corrected chi connectivity index (χ0v) is 22.4. The van der Waals surface area contributed by atoms with Crippen LogP contribution in [0.5, 0.6) is 5.75 Å². The molecule has 2 N–H and O–H groups in total. The van der Waals surface area contributed by atoms with Gasteiger partial charge in [-0.15, -0.1) is 0 Å². The van der Waals surface area contributed by atoms with Crippen LogP contribution in [0.4, 0.5) is 0 Å². The van der Waals surface area contributed by atoms with Gasteiger partial charge in [0.15, 0.2) is 0 Å². The number of H-pyrrole nitrogens is 1. The molecule has 4 rings (SSSR count). The minimum Gasteiger partial charge on any atom is -0.487 e. The number of nitrogens with zero attached hydrogens (tertiary/aromatic N) is 1. The molecular weight excluding hydrogens is 594 g/mol. The second-order valence-electron chi connectivity index (χ2n) is 7.76. The van der Waals surface area contributed by atoms with E-state index in [-0.39, 0.29) is 5.57 Å². The molecule has 0 aliphatic heterocycles. The molecular formula is C27H20Br2ClN3O2. The number of amides is 1. The molecule has 0 saturated heterocycles. The highest BCUT2D eigenvalue weighted by atomic mass is 79.9. The molecule has 1 aromatic heterocycles. The van der Waals surface area contributed by atoms with E-state index in [0.717, 1.165) is 22.0 Å². The van der Waals surface area contributed by atoms with E-state index >= 15 is 0 Å². The summed E-state index contributed by atoms with van der Waals surface area (Å²) in [5.41, 5.74) is 3.87. The van der Waals surface area contributed by atoms with Crippen molar-refractivity contribution < 1.29 is 9.53 Å². The van der Waals surface area contributed by atoms with E-state index < -0.39 is 5.91 Å². The third-order valence-corrected chi connectivity index (χ3v) is 6.78. The molecule has 8 heteroatoms. The first-order valence-electron chi connectivity index (χ1n) is 10.8. The van der Waals surface area contributed by atoms with Gasteiger partial charge in [-0.1, -0.05) is 41.9 Å². The summed E-state index contributed by atoms with van der Waals surface area (Å²) in [6.07, 6.45) is 4.16. The first-order valence-corrected chi connectivity index (χ1v) is 12.7. The summed E-state index contributed by atoms with van der Waals surface area (Å²) in [5.74, 6) is 0.210. The Balaban J connectivity index is 1.40. The number of carbonyl (C=O) groups excluding carboxylic acids is 1. The number of hydrogen-bond donors (Lipinski definition) is 2. The van der Waals surface area contributed by atoms with Crippen molar-refractivity contribution >= 4 is 66.3 Å². The zero-order chi connectivity index (χ0) is 24.8. The van der Waals surface area contributed by atoms with E-state index in [1.165, 1.54) is 0 Å². The molecule has 4 aromatic rings. The fourth-order valence-corrected chi connectivity index (χ4v) is 5.17. The maximum Gasteiger partial charge on any atom is 0.261 e. The number of halogens is 3. The maximum absolute atomic E-state index is 12.6. The topological polar surface area (TPSA) is 77.9 Å². The Kier molecular flexibility index (Phi) is 8.29. The standard InChI is InChI=1S/C27H20Br2ClN3O2/c28-23-12-18(13-24(29)26(23)35-16-17-5-7-21(30)8-6-17)11-20(14-31)27(34)32-10-9-19-15-33-25-4-2-1-3-22(19)25/h1-8,11-13,15,33H,9-10,16H2,(H,32,34)/b20-11-. The summed E-state index contributed by atoms with van der Waals surface area (Å²) in [5, 5.41) is 14.2. The van der Waals surface area contributed by atoms with Crippen molar-refractivity contribution in [3.8, 4) is 11.8 Å². The first kappa shape index (κ1) is 25.1. The summed E-state index contributed by atoms with van der Waals surface area (Å²) in [4.78, 5) is 15.9. The van der Waals surface area contributed by atoms with Crippen LogP contribution in [-0.2, 0) is 17.8 Å². The van der Waals surface area contributed by atoms with Gasteiger partial charge in [-0.25, -0.2) is 0 Å². The summed E-state index contributed by atoms with van der Waals surface area (Å²) in [6.45, 7) is 0.788. The summed E-state index contributed by atoms with van der Waals surface area (Å²) in [6, 6.07) is 21.0. The molecule has 0 saturated carbocycles. The van der Waals surface area contributed by atoms with E-state index in [4.69, 9.17) is 16.3 Å². The minimum absolute atomic E-state index is 0.0255. The Bertz CT molecular complexity index is 1420. The predicted octanol–water partition coefficient (Wildman–Crippen LogP) is 7.19. The summed E-state index contributed by atoms with van der Waals surface area (Å²) in [7, 11) is 0. The van der Waals surface area contributed by atoms with Crippen molar-refractivity contribution in [2.75, 3.05) is 6.54 Å². The molecule has 0 radical (unpaired) electrons. The molecule has 1 amide bonds. The molecule has 1 heterocycles. The van der Waals surface area contributed by atoms with Gasteiger partial charge in [0.05, 0.1) is 8.95 Å². The number of aromatic amines is 1. The largest absolute Gasteiger partial charge is 0.487 e. The fourth-order valence-electron chi connectivity index (χ4n) is 3.60. The highest BCUT2D eigenvalue weighted by molar-refractivity contribution is 9.11. The average molecular weight is 614 g/mol. The van der Waals surface area contributed by atoms with Crippen molar-refractivity contribution in [3.63, 3.8) is 0 Å². The number of carbonyl (C=O) groups is 1. The smallest absolute Gasteiger partial charge is 0.261 e. The molecule has 0 spiro atoms. The Labute approximate surface area is 225 Å². The molecule has 176 valence electrons. The Morgan fingerprint density at radius 3 is 2.54 bits per heavy atom. The lowest BCUT2D eigenvalue weighted by Gasteiger charge is -2.12.